The number of aliphatic carboxylic acids is 1. The molecule has 8 heteroatoms. The molecule has 0 radical (unpaired) electrons. The number of hydrogen-bond donors (Lipinski definition) is 4. The van der Waals surface area contributed by atoms with Gasteiger partial charge in [0.15, 0.2) is 0 Å². The number of pyridine rings is 1. The highest BCUT2D eigenvalue weighted by molar-refractivity contribution is 6.10. The number of para-hydroxylation sites is 1. The second kappa shape index (κ2) is 8.89. The van der Waals surface area contributed by atoms with Crippen molar-refractivity contribution in [2.45, 2.75) is 25.3 Å². The first-order valence-electron chi connectivity index (χ1n) is 10.2. The van der Waals surface area contributed by atoms with Gasteiger partial charge < -0.3 is 21.1 Å². The molecule has 0 aliphatic rings. The van der Waals surface area contributed by atoms with E-state index in [-0.39, 0.29) is 5.69 Å². The van der Waals surface area contributed by atoms with E-state index in [1.54, 1.807) is 6.07 Å². The van der Waals surface area contributed by atoms with Crippen LogP contribution < -0.4 is 11.1 Å². The summed E-state index contributed by atoms with van der Waals surface area (Å²) in [7, 11) is 0. The fourth-order valence-electron chi connectivity index (χ4n) is 3.75. The summed E-state index contributed by atoms with van der Waals surface area (Å²) in [5.41, 5.74) is 8.80. The number of carboxylic acids is 1. The summed E-state index contributed by atoms with van der Waals surface area (Å²) < 4.78 is 0. The first-order valence-corrected chi connectivity index (χ1v) is 10.2. The minimum absolute atomic E-state index is 0.0843. The highest BCUT2D eigenvalue weighted by Crippen LogP contribution is 2.28. The molecule has 0 fully saturated rings. The van der Waals surface area contributed by atoms with Gasteiger partial charge in [0.1, 0.15) is 11.7 Å². The predicted molar refractivity (Wildman–Crippen MR) is 120 cm³/mol. The molecule has 1 unspecified atom stereocenters. The molecule has 5 N–H and O–H groups in total. The van der Waals surface area contributed by atoms with Crippen LogP contribution in [0.3, 0.4) is 0 Å². The van der Waals surface area contributed by atoms with Gasteiger partial charge in [0.2, 0.25) is 5.91 Å². The number of fused-ring (bicyclic) bond motifs is 3. The van der Waals surface area contributed by atoms with Crippen molar-refractivity contribution in [1.29, 1.82) is 0 Å². The Morgan fingerprint density at radius 3 is 2.44 bits per heavy atom. The Bertz CT molecular complexity index is 1310. The molecule has 162 valence electrons. The number of aromatic nitrogens is 2. The lowest BCUT2D eigenvalue weighted by molar-refractivity contribution is -0.140. The average Bonchev–Trinajstić information content (AvgIpc) is 3.16. The highest BCUT2D eigenvalue weighted by atomic mass is 16.4. The van der Waals surface area contributed by atoms with Gasteiger partial charge in [-0.2, -0.15) is 0 Å². The molecule has 2 aromatic heterocycles. The molecule has 0 bridgehead atoms. The van der Waals surface area contributed by atoms with Gasteiger partial charge in [0, 0.05) is 16.3 Å². The summed E-state index contributed by atoms with van der Waals surface area (Å²) in [4.78, 5) is 43.4. The van der Waals surface area contributed by atoms with Gasteiger partial charge in [0.25, 0.3) is 5.91 Å². The Kier molecular flexibility index (Phi) is 5.85. The predicted octanol–water partition coefficient (Wildman–Crippen LogP) is 2.56. The molecule has 4 aromatic rings. The van der Waals surface area contributed by atoms with Crippen LogP contribution in [-0.4, -0.2) is 38.9 Å². The van der Waals surface area contributed by atoms with Crippen LogP contribution in [0.4, 0.5) is 0 Å². The number of nitrogens with two attached hydrogens (primary N) is 1. The van der Waals surface area contributed by atoms with Crippen LogP contribution in [0.25, 0.3) is 21.8 Å². The molecule has 0 saturated carbocycles. The van der Waals surface area contributed by atoms with E-state index in [9.17, 15) is 19.5 Å². The molecule has 0 spiro atoms. The topological polar surface area (TPSA) is 138 Å². The molecule has 2 aromatic carbocycles. The van der Waals surface area contributed by atoms with E-state index in [0.29, 0.717) is 12.1 Å². The second-order valence-electron chi connectivity index (χ2n) is 7.57. The lowest BCUT2D eigenvalue weighted by Gasteiger charge is -2.13. The van der Waals surface area contributed by atoms with Crippen LogP contribution in [0.5, 0.6) is 0 Å². The standard InChI is InChI=1S/C24H22N4O4/c25-21(29)13-20(24(31)32)28-23(30)19-12-16-15-8-4-5-9-17(15)27-22(16)18(26-19)11-10-14-6-2-1-3-7-14/h1-9,12,20,27H,10-11,13H2,(H2,25,29)(H,28,30)(H,31,32). The number of primary amides is 1. The number of benzene rings is 2. The van der Waals surface area contributed by atoms with Gasteiger partial charge in [-0.25, -0.2) is 9.78 Å². The summed E-state index contributed by atoms with van der Waals surface area (Å²) in [5, 5.41) is 13.4. The molecule has 2 heterocycles. The van der Waals surface area contributed by atoms with Crippen molar-refractivity contribution in [3.8, 4) is 0 Å². The summed E-state index contributed by atoms with van der Waals surface area (Å²) >= 11 is 0. The number of carboxylic acid groups (broad SMARTS) is 1. The number of nitrogens with zero attached hydrogens (tertiary/aromatic N) is 1. The summed E-state index contributed by atoms with van der Waals surface area (Å²) in [5.74, 6) is -2.83. The van der Waals surface area contributed by atoms with Crippen molar-refractivity contribution < 1.29 is 19.5 Å². The van der Waals surface area contributed by atoms with Crippen LogP contribution in [0.15, 0.2) is 60.7 Å². The monoisotopic (exact) mass is 430 g/mol. The molecule has 32 heavy (non-hydrogen) atoms. The minimum Gasteiger partial charge on any atom is -0.480 e. The van der Waals surface area contributed by atoms with Crippen molar-refractivity contribution in [3.63, 3.8) is 0 Å². The maximum Gasteiger partial charge on any atom is 0.326 e. The van der Waals surface area contributed by atoms with Crippen molar-refractivity contribution in [3.05, 3.63) is 77.6 Å². The number of aryl methyl sites for hydroxylation is 2. The highest BCUT2D eigenvalue weighted by Gasteiger charge is 2.24. The average molecular weight is 430 g/mol. The Labute approximate surface area is 183 Å². The fourth-order valence-corrected chi connectivity index (χ4v) is 3.75. The molecule has 0 saturated heterocycles. The van der Waals surface area contributed by atoms with Gasteiger partial charge >= 0.3 is 5.97 Å². The zero-order valence-corrected chi connectivity index (χ0v) is 17.2. The fraction of sp³-hybridized carbons (Fsp3) is 0.167. The Hall–Kier alpha value is -4.20. The molecular formula is C24H22N4O4. The summed E-state index contributed by atoms with van der Waals surface area (Å²) in [6.45, 7) is 0. The van der Waals surface area contributed by atoms with E-state index in [2.05, 4.69) is 15.3 Å². The Balaban J connectivity index is 1.73. The number of aromatic amines is 1. The minimum atomic E-state index is -1.42. The van der Waals surface area contributed by atoms with Gasteiger partial charge in [0.05, 0.1) is 17.6 Å². The van der Waals surface area contributed by atoms with E-state index >= 15 is 0 Å². The molecule has 0 aliphatic heterocycles. The molecule has 2 amide bonds. The molecule has 4 rings (SSSR count). The van der Waals surface area contributed by atoms with E-state index in [0.717, 1.165) is 33.8 Å². The van der Waals surface area contributed by atoms with Crippen molar-refractivity contribution in [2.24, 2.45) is 5.73 Å². The lowest BCUT2D eigenvalue weighted by atomic mass is 10.0. The van der Waals surface area contributed by atoms with E-state index < -0.39 is 30.2 Å². The molecule has 8 nitrogen and oxygen atoms in total. The number of amides is 2. The molecule has 1 atom stereocenters. The van der Waals surface area contributed by atoms with Gasteiger partial charge in [-0.05, 0) is 30.5 Å². The number of hydrogen-bond acceptors (Lipinski definition) is 4. The van der Waals surface area contributed by atoms with Crippen LogP contribution in [0.1, 0.15) is 28.2 Å². The largest absolute Gasteiger partial charge is 0.480 e. The first-order chi connectivity index (χ1) is 15.4. The van der Waals surface area contributed by atoms with E-state index in [4.69, 9.17) is 5.73 Å². The first kappa shape index (κ1) is 21.0. The number of carbonyl (C=O) groups excluding carboxylic acids is 2. The van der Waals surface area contributed by atoms with Gasteiger partial charge in [-0.15, -0.1) is 0 Å². The third-order valence-corrected chi connectivity index (χ3v) is 5.31. The maximum absolute atomic E-state index is 12.9. The van der Waals surface area contributed by atoms with Crippen molar-refractivity contribution in [1.82, 2.24) is 15.3 Å². The lowest BCUT2D eigenvalue weighted by Crippen LogP contribution is -2.43. The van der Waals surface area contributed by atoms with Gasteiger partial charge in [-0.3, -0.25) is 9.59 Å². The Morgan fingerprint density at radius 2 is 1.72 bits per heavy atom. The van der Waals surface area contributed by atoms with E-state index in [1.807, 2.05) is 54.6 Å². The normalized spacial score (nSPS) is 12.0. The molecule has 0 aliphatic carbocycles. The summed E-state index contributed by atoms with van der Waals surface area (Å²) in [6.07, 6.45) is 0.804. The number of carbonyl (C=O) groups is 3. The molecular weight excluding hydrogens is 408 g/mol. The zero-order valence-electron chi connectivity index (χ0n) is 17.2. The Morgan fingerprint density at radius 1 is 1.00 bits per heavy atom. The number of H-pyrrole nitrogens is 1. The van der Waals surface area contributed by atoms with Crippen LogP contribution in [-0.2, 0) is 22.4 Å². The summed E-state index contributed by atoms with van der Waals surface area (Å²) in [6, 6.07) is 17.9. The van der Waals surface area contributed by atoms with Crippen LogP contribution >= 0.6 is 0 Å². The van der Waals surface area contributed by atoms with Crippen molar-refractivity contribution >= 4 is 39.6 Å². The number of nitrogens with one attached hydrogen (secondary N) is 2. The SMILES string of the molecule is NC(=O)CC(NC(=O)c1cc2c([nH]c3ccccc32)c(CCc2ccccc2)n1)C(=O)O. The zero-order chi connectivity index (χ0) is 22.7. The second-order valence-corrected chi connectivity index (χ2v) is 7.57. The number of rotatable bonds is 8. The third kappa shape index (κ3) is 4.44. The quantitative estimate of drug-likeness (QED) is 0.340. The maximum atomic E-state index is 12.9. The van der Waals surface area contributed by atoms with Crippen LogP contribution in [0, 0.1) is 0 Å². The van der Waals surface area contributed by atoms with Gasteiger partial charge in [-0.1, -0.05) is 48.5 Å². The van der Waals surface area contributed by atoms with Crippen molar-refractivity contribution in [2.75, 3.05) is 0 Å². The van der Waals surface area contributed by atoms with Crippen LogP contribution in [0.2, 0.25) is 0 Å². The van der Waals surface area contributed by atoms with E-state index in [1.165, 1.54) is 0 Å². The smallest absolute Gasteiger partial charge is 0.326 e. The third-order valence-electron chi connectivity index (χ3n) is 5.31.